The standard InChI is InChI=1S/C18H24N4O2/c1-14-12-20(2)10-11-22(14)17(23)8-5-9-21-13-19-16-7-4-3-6-15(16)18(21)24/h3-4,6-7,13-14H,5,8-12H2,1-2H3/t14-/m1/s1. The van der Waals surface area contributed by atoms with Crippen LogP contribution < -0.4 is 5.56 Å². The summed E-state index contributed by atoms with van der Waals surface area (Å²) in [6.07, 6.45) is 2.69. The fourth-order valence-electron chi connectivity index (χ4n) is 3.32. The summed E-state index contributed by atoms with van der Waals surface area (Å²) in [4.78, 5) is 33.3. The van der Waals surface area contributed by atoms with E-state index in [2.05, 4.69) is 23.9 Å². The van der Waals surface area contributed by atoms with Crippen molar-refractivity contribution in [2.24, 2.45) is 0 Å². The Morgan fingerprint density at radius 3 is 2.88 bits per heavy atom. The number of carbonyl (C=O) groups excluding carboxylic acids is 1. The Kier molecular flexibility index (Phi) is 4.94. The lowest BCUT2D eigenvalue weighted by molar-refractivity contribution is -0.135. The zero-order valence-corrected chi connectivity index (χ0v) is 14.3. The van der Waals surface area contributed by atoms with Crippen molar-refractivity contribution >= 4 is 16.8 Å². The number of rotatable bonds is 4. The molecule has 1 aliphatic rings. The molecule has 0 bridgehead atoms. The van der Waals surface area contributed by atoms with Crippen LogP contribution in [0.15, 0.2) is 35.4 Å². The van der Waals surface area contributed by atoms with Crippen LogP contribution in [0.5, 0.6) is 0 Å². The van der Waals surface area contributed by atoms with Gasteiger partial charge in [-0.2, -0.15) is 0 Å². The van der Waals surface area contributed by atoms with Crippen LogP contribution in [0.25, 0.3) is 10.9 Å². The largest absolute Gasteiger partial charge is 0.337 e. The van der Waals surface area contributed by atoms with Crippen LogP contribution in [-0.2, 0) is 11.3 Å². The highest BCUT2D eigenvalue weighted by atomic mass is 16.2. The molecule has 1 amide bonds. The van der Waals surface area contributed by atoms with Gasteiger partial charge in [-0.1, -0.05) is 12.1 Å². The van der Waals surface area contributed by atoms with Crippen molar-refractivity contribution in [3.8, 4) is 0 Å². The summed E-state index contributed by atoms with van der Waals surface area (Å²) >= 11 is 0. The van der Waals surface area contributed by atoms with Crippen LogP contribution in [0.2, 0.25) is 0 Å². The number of para-hydroxylation sites is 1. The van der Waals surface area contributed by atoms with Crippen LogP contribution in [0, 0.1) is 0 Å². The first-order valence-electron chi connectivity index (χ1n) is 8.48. The number of fused-ring (bicyclic) bond motifs is 1. The molecule has 0 radical (unpaired) electrons. The monoisotopic (exact) mass is 328 g/mol. The van der Waals surface area contributed by atoms with Gasteiger partial charge in [-0.05, 0) is 32.5 Å². The summed E-state index contributed by atoms with van der Waals surface area (Å²) in [7, 11) is 2.08. The van der Waals surface area contributed by atoms with E-state index in [1.54, 1.807) is 17.0 Å². The maximum Gasteiger partial charge on any atom is 0.261 e. The fraction of sp³-hybridized carbons (Fsp3) is 0.500. The Morgan fingerprint density at radius 2 is 2.08 bits per heavy atom. The minimum atomic E-state index is -0.0407. The average Bonchev–Trinajstić information content (AvgIpc) is 2.57. The number of hydrogen-bond donors (Lipinski definition) is 0. The van der Waals surface area contributed by atoms with E-state index >= 15 is 0 Å². The molecule has 24 heavy (non-hydrogen) atoms. The number of hydrogen-bond acceptors (Lipinski definition) is 4. The molecular weight excluding hydrogens is 304 g/mol. The Balaban J connectivity index is 1.59. The normalized spacial score (nSPS) is 18.9. The molecule has 3 rings (SSSR count). The molecule has 128 valence electrons. The van der Waals surface area contributed by atoms with E-state index in [0.717, 1.165) is 19.6 Å². The van der Waals surface area contributed by atoms with E-state index < -0.39 is 0 Å². The van der Waals surface area contributed by atoms with E-state index in [1.807, 2.05) is 23.1 Å². The van der Waals surface area contributed by atoms with Gasteiger partial charge in [-0.3, -0.25) is 14.2 Å². The first-order chi connectivity index (χ1) is 11.6. The van der Waals surface area contributed by atoms with Gasteiger partial charge in [0.25, 0.3) is 5.56 Å². The fourth-order valence-corrected chi connectivity index (χ4v) is 3.32. The van der Waals surface area contributed by atoms with Gasteiger partial charge < -0.3 is 9.80 Å². The molecule has 1 atom stereocenters. The van der Waals surface area contributed by atoms with E-state index in [4.69, 9.17) is 0 Å². The smallest absolute Gasteiger partial charge is 0.261 e. The van der Waals surface area contributed by atoms with Crippen LogP contribution in [0.1, 0.15) is 19.8 Å². The summed E-state index contributed by atoms with van der Waals surface area (Å²) in [5, 5.41) is 0.624. The van der Waals surface area contributed by atoms with Crippen molar-refractivity contribution in [1.82, 2.24) is 19.4 Å². The predicted octanol–water partition coefficient (Wildman–Crippen LogP) is 1.34. The van der Waals surface area contributed by atoms with E-state index in [-0.39, 0.29) is 17.5 Å². The minimum absolute atomic E-state index is 0.0407. The summed E-state index contributed by atoms with van der Waals surface area (Å²) in [5.74, 6) is 0.178. The van der Waals surface area contributed by atoms with Crippen molar-refractivity contribution in [2.45, 2.75) is 32.4 Å². The number of aromatic nitrogens is 2. The molecule has 2 heterocycles. The maximum absolute atomic E-state index is 12.4. The Labute approximate surface area is 141 Å². The maximum atomic E-state index is 12.4. The number of piperazine rings is 1. The lowest BCUT2D eigenvalue weighted by Crippen LogP contribution is -2.52. The lowest BCUT2D eigenvalue weighted by Gasteiger charge is -2.38. The quantitative estimate of drug-likeness (QED) is 0.850. The van der Waals surface area contributed by atoms with Gasteiger partial charge in [-0.25, -0.2) is 4.98 Å². The van der Waals surface area contributed by atoms with Gasteiger partial charge in [0.2, 0.25) is 5.91 Å². The molecule has 0 saturated carbocycles. The molecule has 1 fully saturated rings. The first kappa shape index (κ1) is 16.6. The third-order valence-electron chi connectivity index (χ3n) is 4.67. The first-order valence-corrected chi connectivity index (χ1v) is 8.48. The van der Waals surface area contributed by atoms with E-state index in [1.165, 1.54) is 0 Å². The predicted molar refractivity (Wildman–Crippen MR) is 93.9 cm³/mol. The summed E-state index contributed by atoms with van der Waals surface area (Å²) in [5.41, 5.74) is 0.669. The molecule has 0 N–H and O–H groups in total. The Bertz CT molecular complexity index is 786. The summed E-state index contributed by atoms with van der Waals surface area (Å²) < 4.78 is 1.60. The minimum Gasteiger partial charge on any atom is -0.337 e. The van der Waals surface area contributed by atoms with Gasteiger partial charge in [0, 0.05) is 38.6 Å². The second-order valence-corrected chi connectivity index (χ2v) is 6.56. The highest BCUT2D eigenvalue weighted by molar-refractivity contribution is 5.77. The molecule has 1 aliphatic heterocycles. The third-order valence-corrected chi connectivity index (χ3v) is 4.67. The zero-order valence-electron chi connectivity index (χ0n) is 14.3. The van der Waals surface area contributed by atoms with Crippen molar-refractivity contribution < 1.29 is 4.79 Å². The van der Waals surface area contributed by atoms with E-state index in [9.17, 15) is 9.59 Å². The molecule has 0 aliphatic carbocycles. The molecule has 2 aromatic rings. The second kappa shape index (κ2) is 7.13. The number of benzene rings is 1. The van der Waals surface area contributed by atoms with Crippen molar-refractivity contribution in [1.29, 1.82) is 0 Å². The summed E-state index contributed by atoms with van der Waals surface area (Å²) in [6, 6.07) is 7.59. The van der Waals surface area contributed by atoms with Gasteiger partial charge >= 0.3 is 0 Å². The molecule has 1 aromatic carbocycles. The molecule has 0 unspecified atom stereocenters. The Morgan fingerprint density at radius 1 is 1.29 bits per heavy atom. The molecule has 6 heteroatoms. The van der Waals surface area contributed by atoms with Crippen molar-refractivity contribution in [3.05, 3.63) is 40.9 Å². The summed E-state index contributed by atoms with van der Waals surface area (Å²) in [6.45, 7) is 5.23. The van der Waals surface area contributed by atoms with Crippen LogP contribution >= 0.6 is 0 Å². The number of nitrogens with zero attached hydrogens (tertiary/aromatic N) is 4. The number of aryl methyl sites for hydroxylation is 1. The Hall–Kier alpha value is -2.21. The van der Waals surface area contributed by atoms with Crippen molar-refractivity contribution in [3.63, 3.8) is 0 Å². The lowest BCUT2D eigenvalue weighted by atomic mass is 10.1. The highest BCUT2D eigenvalue weighted by Crippen LogP contribution is 2.11. The second-order valence-electron chi connectivity index (χ2n) is 6.56. The van der Waals surface area contributed by atoms with Crippen LogP contribution in [0.3, 0.4) is 0 Å². The highest BCUT2D eigenvalue weighted by Gasteiger charge is 2.25. The molecule has 0 spiro atoms. The number of likely N-dealkylation sites (N-methyl/N-ethyl adjacent to an activating group) is 1. The van der Waals surface area contributed by atoms with Crippen molar-refractivity contribution in [2.75, 3.05) is 26.7 Å². The van der Waals surface area contributed by atoms with Gasteiger partial charge in [0.1, 0.15) is 0 Å². The average molecular weight is 328 g/mol. The van der Waals surface area contributed by atoms with Crippen LogP contribution in [-0.4, -0.2) is 58.0 Å². The molecule has 6 nitrogen and oxygen atoms in total. The SMILES string of the molecule is C[C@@H]1CN(C)CCN1C(=O)CCCn1cnc2ccccc2c1=O. The van der Waals surface area contributed by atoms with Crippen LogP contribution in [0.4, 0.5) is 0 Å². The molecule has 1 aromatic heterocycles. The van der Waals surface area contributed by atoms with E-state index in [0.29, 0.717) is 30.3 Å². The van der Waals surface area contributed by atoms with Gasteiger partial charge in [0.05, 0.1) is 17.2 Å². The van der Waals surface area contributed by atoms with Gasteiger partial charge in [0.15, 0.2) is 0 Å². The zero-order chi connectivity index (χ0) is 17.1. The molecule has 1 saturated heterocycles. The number of amides is 1. The third kappa shape index (κ3) is 3.48. The topological polar surface area (TPSA) is 58.4 Å². The number of carbonyl (C=O) groups is 1. The molecular formula is C18H24N4O2. The van der Waals surface area contributed by atoms with Gasteiger partial charge in [-0.15, -0.1) is 0 Å².